The molecule has 0 fully saturated rings. The Labute approximate surface area is 192 Å². The lowest BCUT2D eigenvalue weighted by molar-refractivity contribution is 0.102. The predicted molar refractivity (Wildman–Crippen MR) is 124 cm³/mol. The molecule has 0 aliphatic heterocycles. The topological polar surface area (TPSA) is 138 Å². The minimum absolute atomic E-state index is 0.125. The average molecular weight is 459 g/mol. The summed E-state index contributed by atoms with van der Waals surface area (Å²) >= 11 is 1.33. The van der Waals surface area contributed by atoms with E-state index in [-0.39, 0.29) is 11.7 Å². The molecule has 5 aromatic rings. The summed E-state index contributed by atoms with van der Waals surface area (Å²) in [6.45, 7) is 2.59. The third kappa shape index (κ3) is 4.21. The SMILES string of the molecule is Cc1ccccc1Cn1nc(-c2ncc(NC(=O)c3cscn3)c(N)n2)cc1-c1ccon1. The summed E-state index contributed by atoms with van der Waals surface area (Å²) in [4.78, 5) is 24.9. The Hall–Kier alpha value is -4.38. The first-order chi connectivity index (χ1) is 16.1. The molecule has 10 nitrogen and oxygen atoms in total. The quantitative estimate of drug-likeness (QED) is 0.393. The summed E-state index contributed by atoms with van der Waals surface area (Å²) in [5.41, 5.74) is 12.5. The molecular weight excluding hydrogens is 440 g/mol. The largest absolute Gasteiger partial charge is 0.382 e. The monoisotopic (exact) mass is 458 g/mol. The number of amides is 1. The molecule has 4 aromatic heterocycles. The Kier molecular flexibility index (Phi) is 5.37. The summed E-state index contributed by atoms with van der Waals surface area (Å²) in [7, 11) is 0. The van der Waals surface area contributed by atoms with Gasteiger partial charge in [0, 0.05) is 11.4 Å². The minimum atomic E-state index is -0.380. The summed E-state index contributed by atoms with van der Waals surface area (Å²) in [5.74, 6) is 0.0718. The van der Waals surface area contributed by atoms with Crippen molar-refractivity contribution in [1.82, 2.24) is 29.9 Å². The van der Waals surface area contributed by atoms with Crippen molar-refractivity contribution in [1.29, 1.82) is 0 Å². The van der Waals surface area contributed by atoms with Crippen LogP contribution in [-0.4, -0.2) is 35.8 Å². The van der Waals surface area contributed by atoms with E-state index in [1.807, 2.05) is 22.9 Å². The third-order valence-corrected chi connectivity index (χ3v) is 5.61. The van der Waals surface area contributed by atoms with E-state index in [2.05, 4.69) is 44.5 Å². The second kappa shape index (κ2) is 8.63. The molecule has 0 bridgehead atoms. The summed E-state index contributed by atoms with van der Waals surface area (Å²) in [6, 6.07) is 11.7. The van der Waals surface area contributed by atoms with E-state index in [1.165, 1.54) is 23.8 Å². The van der Waals surface area contributed by atoms with Gasteiger partial charge in [-0.1, -0.05) is 29.4 Å². The Morgan fingerprint density at radius 2 is 2.09 bits per heavy atom. The normalized spacial score (nSPS) is 10.9. The molecule has 164 valence electrons. The van der Waals surface area contributed by atoms with Gasteiger partial charge in [-0.25, -0.2) is 15.0 Å². The van der Waals surface area contributed by atoms with Crippen molar-refractivity contribution in [2.75, 3.05) is 11.1 Å². The third-order valence-electron chi connectivity index (χ3n) is 5.02. The Morgan fingerprint density at radius 1 is 1.21 bits per heavy atom. The van der Waals surface area contributed by atoms with Crippen LogP contribution in [0.25, 0.3) is 22.9 Å². The molecule has 0 saturated heterocycles. The van der Waals surface area contributed by atoms with Gasteiger partial charge in [-0.15, -0.1) is 11.3 Å². The van der Waals surface area contributed by atoms with Gasteiger partial charge in [-0.05, 0) is 24.1 Å². The molecule has 0 aliphatic rings. The van der Waals surface area contributed by atoms with E-state index in [1.54, 1.807) is 17.0 Å². The van der Waals surface area contributed by atoms with E-state index >= 15 is 0 Å². The van der Waals surface area contributed by atoms with Gasteiger partial charge < -0.3 is 15.6 Å². The number of carbonyl (C=O) groups excluding carboxylic acids is 1. The zero-order valence-electron chi connectivity index (χ0n) is 17.5. The van der Waals surface area contributed by atoms with Crippen molar-refractivity contribution in [3.8, 4) is 22.9 Å². The molecule has 0 unspecified atom stereocenters. The van der Waals surface area contributed by atoms with E-state index < -0.39 is 0 Å². The van der Waals surface area contributed by atoms with Crippen LogP contribution in [0.3, 0.4) is 0 Å². The number of aromatic nitrogens is 6. The molecule has 0 saturated carbocycles. The fraction of sp³-hybridized carbons (Fsp3) is 0.0909. The van der Waals surface area contributed by atoms with Gasteiger partial charge in [0.05, 0.1) is 23.9 Å². The predicted octanol–water partition coefficient (Wildman–Crippen LogP) is 3.64. The lowest BCUT2D eigenvalue weighted by atomic mass is 10.1. The number of hydrogen-bond donors (Lipinski definition) is 2. The van der Waals surface area contributed by atoms with Crippen LogP contribution < -0.4 is 11.1 Å². The van der Waals surface area contributed by atoms with Crippen LogP contribution in [0.15, 0.2) is 64.3 Å². The molecular formula is C22H18N8O2S. The molecule has 0 radical (unpaired) electrons. The molecule has 4 heterocycles. The number of nitrogens with two attached hydrogens (primary N) is 1. The second-order valence-corrected chi connectivity index (χ2v) is 7.92. The molecule has 0 atom stereocenters. The summed E-state index contributed by atoms with van der Waals surface area (Å²) in [5, 5.41) is 13.1. The number of hydrogen-bond acceptors (Lipinski definition) is 9. The molecule has 1 amide bonds. The number of benzene rings is 1. The number of carbonyl (C=O) groups is 1. The molecule has 0 aliphatic carbocycles. The van der Waals surface area contributed by atoms with Gasteiger partial charge in [0.25, 0.3) is 5.91 Å². The van der Waals surface area contributed by atoms with Crippen LogP contribution in [0.1, 0.15) is 21.6 Å². The van der Waals surface area contributed by atoms with Crippen molar-refractivity contribution in [3.05, 3.63) is 76.6 Å². The number of nitrogens with zero attached hydrogens (tertiary/aromatic N) is 6. The van der Waals surface area contributed by atoms with Crippen LogP contribution in [0.4, 0.5) is 11.5 Å². The van der Waals surface area contributed by atoms with Crippen LogP contribution in [0.2, 0.25) is 0 Å². The number of nitrogens with one attached hydrogen (secondary N) is 1. The van der Waals surface area contributed by atoms with Crippen molar-refractivity contribution >= 4 is 28.7 Å². The number of anilines is 2. The molecule has 5 rings (SSSR count). The van der Waals surface area contributed by atoms with E-state index in [4.69, 9.17) is 15.4 Å². The van der Waals surface area contributed by atoms with Crippen molar-refractivity contribution in [3.63, 3.8) is 0 Å². The van der Waals surface area contributed by atoms with E-state index in [0.717, 1.165) is 16.8 Å². The zero-order chi connectivity index (χ0) is 22.8. The maximum Gasteiger partial charge on any atom is 0.275 e. The highest BCUT2D eigenvalue weighted by Crippen LogP contribution is 2.26. The van der Waals surface area contributed by atoms with Gasteiger partial charge in [0.1, 0.15) is 29.0 Å². The first-order valence-electron chi connectivity index (χ1n) is 9.94. The van der Waals surface area contributed by atoms with E-state index in [0.29, 0.717) is 35.1 Å². The van der Waals surface area contributed by atoms with Gasteiger partial charge in [0.2, 0.25) is 0 Å². The maximum absolute atomic E-state index is 12.3. The smallest absolute Gasteiger partial charge is 0.275 e. The van der Waals surface area contributed by atoms with Crippen molar-refractivity contribution < 1.29 is 9.32 Å². The van der Waals surface area contributed by atoms with Crippen molar-refractivity contribution in [2.24, 2.45) is 0 Å². The zero-order valence-corrected chi connectivity index (χ0v) is 18.3. The first-order valence-corrected chi connectivity index (χ1v) is 10.9. The van der Waals surface area contributed by atoms with Crippen LogP contribution in [0, 0.1) is 6.92 Å². The molecule has 3 N–H and O–H groups in total. The van der Waals surface area contributed by atoms with Gasteiger partial charge in [-0.2, -0.15) is 5.10 Å². The molecule has 11 heteroatoms. The second-order valence-electron chi connectivity index (χ2n) is 7.20. The number of nitrogen functional groups attached to an aromatic ring is 1. The maximum atomic E-state index is 12.3. The van der Waals surface area contributed by atoms with Gasteiger partial charge in [0.15, 0.2) is 11.6 Å². The molecule has 0 spiro atoms. The highest BCUT2D eigenvalue weighted by atomic mass is 32.1. The minimum Gasteiger partial charge on any atom is -0.382 e. The lowest BCUT2D eigenvalue weighted by Gasteiger charge is -2.08. The lowest BCUT2D eigenvalue weighted by Crippen LogP contribution is -2.14. The van der Waals surface area contributed by atoms with Crippen LogP contribution >= 0.6 is 11.3 Å². The molecule has 1 aromatic carbocycles. The van der Waals surface area contributed by atoms with Crippen LogP contribution in [0.5, 0.6) is 0 Å². The fourth-order valence-corrected chi connectivity index (χ4v) is 3.80. The Bertz CT molecular complexity index is 1410. The Morgan fingerprint density at radius 3 is 2.82 bits per heavy atom. The number of aryl methyl sites for hydroxylation is 1. The van der Waals surface area contributed by atoms with Crippen LogP contribution in [-0.2, 0) is 6.54 Å². The fourth-order valence-electron chi connectivity index (χ4n) is 3.27. The highest BCUT2D eigenvalue weighted by molar-refractivity contribution is 7.07. The highest BCUT2D eigenvalue weighted by Gasteiger charge is 2.18. The van der Waals surface area contributed by atoms with Gasteiger partial charge >= 0.3 is 0 Å². The summed E-state index contributed by atoms with van der Waals surface area (Å²) < 4.78 is 6.85. The molecule has 33 heavy (non-hydrogen) atoms. The standard InChI is InChI=1S/C22H18N8O2S/c1-13-4-2-3-5-14(13)10-30-19(15-6-7-32-29-15)8-16(28-30)21-24-9-17(20(23)27-21)26-22(31)18-11-33-12-25-18/h2-9,11-12H,10H2,1H3,(H,26,31)(H2,23,24,27). The summed E-state index contributed by atoms with van der Waals surface area (Å²) in [6.07, 6.45) is 2.96. The van der Waals surface area contributed by atoms with Gasteiger partial charge in [-0.3, -0.25) is 9.48 Å². The average Bonchev–Trinajstić information content (AvgIpc) is 3.58. The van der Waals surface area contributed by atoms with E-state index in [9.17, 15) is 4.79 Å². The van der Waals surface area contributed by atoms with Crippen molar-refractivity contribution in [2.45, 2.75) is 13.5 Å². The first kappa shape index (κ1) is 20.5. The number of rotatable bonds is 6. The Balaban J connectivity index is 1.47. The number of thiazole rings is 1.